The molecule has 2 unspecified atom stereocenters. The minimum atomic E-state index is -4.01. The second kappa shape index (κ2) is 16.8. The number of allylic oxidation sites excluding steroid dienone is 1. The molecule has 0 aliphatic carbocycles. The third-order valence-electron chi connectivity index (χ3n) is 6.48. The predicted molar refractivity (Wildman–Crippen MR) is 174 cm³/mol. The number of piperidine rings is 1. The lowest BCUT2D eigenvalue weighted by molar-refractivity contribution is -0.139. The van der Waals surface area contributed by atoms with Gasteiger partial charge in [0.1, 0.15) is 5.84 Å². The Labute approximate surface area is 264 Å². The number of hydrogen-bond donors (Lipinski definition) is 5. The van der Waals surface area contributed by atoms with Gasteiger partial charge in [0.2, 0.25) is 10.0 Å². The van der Waals surface area contributed by atoms with Crippen LogP contribution in [0.1, 0.15) is 44.7 Å². The lowest BCUT2D eigenvalue weighted by Gasteiger charge is -2.40. The molecule has 0 radical (unpaired) electrons. The van der Waals surface area contributed by atoms with E-state index in [4.69, 9.17) is 32.0 Å². The number of nitrogens with one attached hydrogen (secondary N) is 5. The van der Waals surface area contributed by atoms with Crippen LogP contribution in [0.15, 0.2) is 48.5 Å². The highest BCUT2D eigenvalue weighted by atomic mass is 35.5. The molecule has 0 bridgehead atoms. The van der Waals surface area contributed by atoms with Crippen molar-refractivity contribution >= 4 is 75.7 Å². The van der Waals surface area contributed by atoms with Crippen molar-refractivity contribution in [3.05, 3.63) is 59.7 Å². The number of amidine groups is 1. The highest BCUT2D eigenvalue weighted by Crippen LogP contribution is 2.33. The molecule has 3 rings (SSSR count). The fraction of sp³-hybridized carbons (Fsp3) is 0.393. The Kier molecular flexibility index (Phi) is 15.0. The summed E-state index contributed by atoms with van der Waals surface area (Å²) in [6.07, 6.45) is 4.53. The molecule has 5 N–H and O–H groups in total. The Bertz CT molecular complexity index is 1390. The average Bonchev–Trinajstić information content (AvgIpc) is 2.92. The number of rotatable bonds is 12. The summed E-state index contributed by atoms with van der Waals surface area (Å²) in [7, 11) is -4.01. The van der Waals surface area contributed by atoms with Crippen LogP contribution in [-0.4, -0.2) is 62.4 Å². The fourth-order valence-corrected chi connectivity index (χ4v) is 5.87. The van der Waals surface area contributed by atoms with Crippen LogP contribution in [0.2, 0.25) is 0 Å². The van der Waals surface area contributed by atoms with Crippen molar-refractivity contribution in [2.24, 2.45) is 0 Å². The molecule has 0 spiro atoms. The third kappa shape index (κ3) is 9.16. The van der Waals surface area contributed by atoms with E-state index in [1.54, 1.807) is 49.4 Å². The number of esters is 1. The van der Waals surface area contributed by atoms with Gasteiger partial charge in [0.05, 0.1) is 17.7 Å². The molecule has 1 aliphatic heterocycles. The number of halogens is 3. The van der Waals surface area contributed by atoms with Gasteiger partial charge in [-0.05, 0) is 56.5 Å². The van der Waals surface area contributed by atoms with Crippen molar-refractivity contribution < 1.29 is 22.8 Å². The molecule has 1 fully saturated rings. The maximum atomic E-state index is 12.6. The van der Waals surface area contributed by atoms with E-state index in [0.717, 1.165) is 5.56 Å². The molecule has 0 amide bonds. The van der Waals surface area contributed by atoms with Crippen LogP contribution in [0.3, 0.4) is 0 Å². The molecular weight excluding hydrogens is 625 g/mol. The number of carbonyl (C=O) groups is 1. The molecule has 0 aromatic heterocycles. The molecule has 42 heavy (non-hydrogen) atoms. The summed E-state index contributed by atoms with van der Waals surface area (Å²) in [6.45, 7) is 6.52. The Morgan fingerprint density at radius 2 is 1.90 bits per heavy atom. The summed E-state index contributed by atoms with van der Waals surface area (Å²) in [5, 5.41) is 19.8. The van der Waals surface area contributed by atoms with Gasteiger partial charge in [0, 0.05) is 23.4 Å². The highest BCUT2D eigenvalue weighted by Gasteiger charge is 2.45. The zero-order chi connectivity index (χ0) is 29.3. The van der Waals surface area contributed by atoms with Crippen LogP contribution < -0.4 is 15.5 Å². The topological polar surface area (TPSA) is 153 Å². The molecule has 1 saturated heterocycles. The molecule has 1 heterocycles. The number of sulfonamides is 1. The van der Waals surface area contributed by atoms with E-state index in [1.165, 1.54) is 0 Å². The smallest absolute Gasteiger partial charge is 0.323 e. The van der Waals surface area contributed by atoms with Gasteiger partial charge in [0.15, 0.2) is 11.4 Å². The average molecular weight is 663 g/mol. The second-order valence-electron chi connectivity index (χ2n) is 9.24. The van der Waals surface area contributed by atoms with Gasteiger partial charge in [-0.2, -0.15) is 0 Å². The summed E-state index contributed by atoms with van der Waals surface area (Å²) < 4.78 is 32.6. The van der Waals surface area contributed by atoms with Crippen LogP contribution in [0, 0.1) is 10.8 Å². The first kappa shape index (κ1) is 37.4. The van der Waals surface area contributed by atoms with Crippen LogP contribution in [0.4, 0.5) is 5.69 Å². The van der Waals surface area contributed by atoms with Gasteiger partial charge in [-0.3, -0.25) is 19.8 Å². The number of ether oxygens (including phenoxy) is 1. The van der Waals surface area contributed by atoms with Crippen molar-refractivity contribution in [2.45, 2.75) is 44.6 Å². The standard InChI is InChI=1S/C28H36ClN5O5S.2ClH/c1-4-9-22-21(12-8-13-23(22)34-40(36,37)18-26(35)38-6-3)19-10-7-11-20(16-19)27(31)33-39-28(25(30)5-2)14-15-32-17-24(28)29;;/h4,7-13,16,24,30,32,34H,5-6,14-15,17-18H2,1-3H3,(H2,31,33);2*1H/b9-4+,30-25?;;. The molecule has 1 aliphatic rings. The lowest BCUT2D eigenvalue weighted by atomic mass is 9.85. The van der Waals surface area contributed by atoms with Crippen molar-refractivity contribution in [3.8, 4) is 11.1 Å². The maximum absolute atomic E-state index is 12.6. The Morgan fingerprint density at radius 3 is 2.55 bits per heavy atom. The van der Waals surface area contributed by atoms with Crippen molar-refractivity contribution in [1.82, 2.24) is 10.8 Å². The summed E-state index contributed by atoms with van der Waals surface area (Å²) in [5.74, 6) is -1.64. The molecule has 10 nitrogen and oxygen atoms in total. The zero-order valence-corrected chi connectivity index (χ0v) is 26.9. The molecule has 232 valence electrons. The monoisotopic (exact) mass is 661 g/mol. The number of hydroxylamine groups is 1. The zero-order valence-electron chi connectivity index (χ0n) is 23.7. The number of hydrogen-bond acceptors (Lipinski definition) is 8. The molecular formula is C28H38Cl3N5O5S. The van der Waals surface area contributed by atoms with E-state index in [0.29, 0.717) is 54.0 Å². The number of benzene rings is 2. The van der Waals surface area contributed by atoms with Gasteiger partial charge in [-0.25, -0.2) is 13.9 Å². The predicted octanol–water partition coefficient (Wildman–Crippen LogP) is 5.15. The normalized spacial score (nSPS) is 18.3. The summed E-state index contributed by atoms with van der Waals surface area (Å²) in [5.41, 5.74) is 4.94. The van der Waals surface area contributed by atoms with Crippen LogP contribution in [0.5, 0.6) is 0 Å². The fourth-order valence-electron chi connectivity index (χ4n) is 4.50. The molecule has 14 heteroatoms. The third-order valence-corrected chi connectivity index (χ3v) is 8.14. The van der Waals surface area contributed by atoms with Crippen molar-refractivity contribution in [3.63, 3.8) is 0 Å². The highest BCUT2D eigenvalue weighted by molar-refractivity contribution is 7.93. The quantitative estimate of drug-likeness (QED) is 0.0693. The maximum Gasteiger partial charge on any atom is 0.323 e. The van der Waals surface area contributed by atoms with Gasteiger partial charge in [-0.15, -0.1) is 36.4 Å². The van der Waals surface area contributed by atoms with Crippen LogP contribution >= 0.6 is 36.4 Å². The first-order valence-corrected chi connectivity index (χ1v) is 15.1. The van der Waals surface area contributed by atoms with Crippen LogP contribution in [-0.2, 0) is 24.4 Å². The summed E-state index contributed by atoms with van der Waals surface area (Å²) in [6, 6.07) is 12.4. The van der Waals surface area contributed by atoms with Crippen molar-refractivity contribution in [2.75, 3.05) is 30.2 Å². The van der Waals surface area contributed by atoms with E-state index < -0.39 is 32.7 Å². The molecule has 0 saturated carbocycles. The van der Waals surface area contributed by atoms with Gasteiger partial charge in [-0.1, -0.05) is 49.4 Å². The Hall–Kier alpha value is -2.67. The van der Waals surface area contributed by atoms with E-state index in [-0.39, 0.29) is 37.3 Å². The minimum Gasteiger partial charge on any atom is -0.465 e. The molecule has 2 aromatic rings. The molecule has 2 aromatic carbocycles. The van der Waals surface area contributed by atoms with Gasteiger partial charge in [0.25, 0.3) is 0 Å². The van der Waals surface area contributed by atoms with Crippen LogP contribution in [0.25, 0.3) is 17.2 Å². The van der Waals surface area contributed by atoms with Crippen molar-refractivity contribution in [1.29, 1.82) is 10.8 Å². The first-order valence-electron chi connectivity index (χ1n) is 13.0. The van der Waals surface area contributed by atoms with E-state index in [2.05, 4.69) is 15.5 Å². The van der Waals surface area contributed by atoms with Gasteiger partial charge >= 0.3 is 5.97 Å². The number of carbonyl (C=O) groups excluding carboxylic acids is 1. The number of anilines is 1. The number of alkyl halides is 1. The Morgan fingerprint density at radius 1 is 1.19 bits per heavy atom. The summed E-state index contributed by atoms with van der Waals surface area (Å²) in [4.78, 5) is 17.8. The summed E-state index contributed by atoms with van der Waals surface area (Å²) >= 11 is 6.58. The van der Waals surface area contributed by atoms with E-state index in [1.807, 2.05) is 26.0 Å². The lowest BCUT2D eigenvalue weighted by Crippen LogP contribution is -2.60. The largest absolute Gasteiger partial charge is 0.465 e. The van der Waals surface area contributed by atoms with Gasteiger partial charge < -0.3 is 15.5 Å². The van der Waals surface area contributed by atoms with E-state index >= 15 is 0 Å². The first-order chi connectivity index (χ1) is 19.1. The van der Waals surface area contributed by atoms with E-state index in [9.17, 15) is 13.2 Å². The molecule has 2 atom stereocenters. The second-order valence-corrected chi connectivity index (χ2v) is 11.5. The Balaban J connectivity index is 0.00000441. The SMILES string of the molecule is C/C=C/c1c(NS(=O)(=O)CC(=O)OCC)cccc1-c1cccc(C(=N)NOC2(C(=N)CC)CCNCC2Cl)c1.Cl.Cl. The minimum absolute atomic E-state index is 0.